The van der Waals surface area contributed by atoms with Crippen molar-refractivity contribution in [1.29, 1.82) is 0 Å². The Morgan fingerprint density at radius 2 is 1.76 bits per heavy atom. The van der Waals surface area contributed by atoms with Gasteiger partial charge in [-0.2, -0.15) is 0 Å². The quantitative estimate of drug-likeness (QED) is 0.873. The molecule has 2 N–H and O–H groups in total. The van der Waals surface area contributed by atoms with Gasteiger partial charge in [-0.3, -0.25) is 4.79 Å². The van der Waals surface area contributed by atoms with Crippen LogP contribution in [0, 0.1) is 13.8 Å². The molecule has 0 radical (unpaired) electrons. The number of ether oxygens (including phenoxy) is 1. The summed E-state index contributed by atoms with van der Waals surface area (Å²) in [7, 11) is 1.38. The van der Waals surface area contributed by atoms with E-state index in [0.717, 1.165) is 11.1 Å². The van der Waals surface area contributed by atoms with Crippen LogP contribution in [0.4, 0.5) is 0 Å². The van der Waals surface area contributed by atoms with Gasteiger partial charge in [-0.1, -0.05) is 36.4 Å². The van der Waals surface area contributed by atoms with E-state index in [1.165, 1.54) is 23.8 Å². The van der Waals surface area contributed by atoms with Crippen molar-refractivity contribution in [2.45, 2.75) is 26.3 Å². The van der Waals surface area contributed by atoms with Gasteiger partial charge in [0.2, 0.25) is 0 Å². The number of carbonyl (C=O) groups excluding carboxylic acids is 1. The Balaban J connectivity index is 2.38. The summed E-state index contributed by atoms with van der Waals surface area (Å²) in [5, 5.41) is 0. The van der Waals surface area contributed by atoms with Crippen molar-refractivity contribution in [1.82, 2.24) is 0 Å². The highest BCUT2D eigenvalue weighted by Gasteiger charge is 2.14. The molecule has 1 unspecified atom stereocenters. The molecule has 0 bridgehead atoms. The van der Waals surface area contributed by atoms with Crippen LogP contribution >= 0.6 is 0 Å². The molecule has 0 spiro atoms. The largest absolute Gasteiger partial charge is 0.469 e. The molecular formula is C18H21NO2. The maximum absolute atomic E-state index is 11.4. The van der Waals surface area contributed by atoms with Crippen molar-refractivity contribution in [3.05, 3.63) is 59.2 Å². The maximum Gasteiger partial charge on any atom is 0.307 e. The molecule has 0 aromatic heterocycles. The number of rotatable bonds is 4. The third-order valence-electron chi connectivity index (χ3n) is 3.74. The van der Waals surface area contributed by atoms with Crippen molar-refractivity contribution >= 4 is 5.97 Å². The maximum atomic E-state index is 11.4. The monoisotopic (exact) mass is 283 g/mol. The average Bonchev–Trinajstić information content (AvgIpc) is 2.48. The summed E-state index contributed by atoms with van der Waals surface area (Å²) < 4.78 is 4.68. The lowest BCUT2D eigenvalue weighted by atomic mass is 9.92. The van der Waals surface area contributed by atoms with Crippen molar-refractivity contribution in [2.75, 3.05) is 7.11 Å². The number of carbonyl (C=O) groups is 1. The summed E-state index contributed by atoms with van der Waals surface area (Å²) in [5.74, 6) is -0.291. The number of hydrogen-bond acceptors (Lipinski definition) is 3. The van der Waals surface area contributed by atoms with E-state index in [2.05, 4.69) is 36.8 Å². The predicted octanol–water partition coefficient (Wildman–Crippen LogP) is 3.53. The van der Waals surface area contributed by atoms with Crippen molar-refractivity contribution in [3.63, 3.8) is 0 Å². The van der Waals surface area contributed by atoms with Crippen molar-refractivity contribution in [3.8, 4) is 11.1 Å². The Bertz CT molecular complexity index is 649. The molecule has 110 valence electrons. The Morgan fingerprint density at radius 1 is 1.10 bits per heavy atom. The van der Waals surface area contributed by atoms with Crippen molar-refractivity contribution in [2.24, 2.45) is 5.73 Å². The Hall–Kier alpha value is -2.13. The minimum absolute atomic E-state index is 0.187. The Morgan fingerprint density at radius 3 is 2.43 bits per heavy atom. The van der Waals surface area contributed by atoms with Crippen LogP contribution in [0.25, 0.3) is 11.1 Å². The molecule has 0 aliphatic carbocycles. The van der Waals surface area contributed by atoms with Crippen LogP contribution in [0.15, 0.2) is 42.5 Å². The second-order valence-corrected chi connectivity index (χ2v) is 5.28. The fourth-order valence-electron chi connectivity index (χ4n) is 2.42. The topological polar surface area (TPSA) is 52.3 Å². The van der Waals surface area contributed by atoms with Gasteiger partial charge in [0.25, 0.3) is 0 Å². The molecule has 2 aromatic carbocycles. The smallest absolute Gasteiger partial charge is 0.307 e. The molecule has 2 rings (SSSR count). The van der Waals surface area contributed by atoms with Gasteiger partial charge < -0.3 is 10.5 Å². The fraction of sp³-hybridized carbons (Fsp3) is 0.278. The van der Waals surface area contributed by atoms with Gasteiger partial charge in [-0.05, 0) is 47.7 Å². The summed E-state index contributed by atoms with van der Waals surface area (Å²) in [6.45, 7) is 4.17. The minimum Gasteiger partial charge on any atom is -0.469 e. The zero-order valence-corrected chi connectivity index (χ0v) is 12.7. The number of methoxy groups -OCH3 is 1. The fourth-order valence-corrected chi connectivity index (χ4v) is 2.42. The Kier molecular flexibility index (Phi) is 4.76. The van der Waals surface area contributed by atoms with Crippen LogP contribution in [-0.4, -0.2) is 13.1 Å². The van der Waals surface area contributed by atoms with E-state index >= 15 is 0 Å². The summed E-state index contributed by atoms with van der Waals surface area (Å²) in [4.78, 5) is 11.4. The first-order chi connectivity index (χ1) is 10.0. The molecule has 0 saturated heterocycles. The summed E-state index contributed by atoms with van der Waals surface area (Å²) in [5.41, 5.74) is 11.8. The molecule has 3 nitrogen and oxygen atoms in total. The van der Waals surface area contributed by atoms with Gasteiger partial charge >= 0.3 is 5.97 Å². The van der Waals surface area contributed by atoms with Crippen LogP contribution in [-0.2, 0) is 9.53 Å². The van der Waals surface area contributed by atoms with Gasteiger partial charge in [-0.15, -0.1) is 0 Å². The number of esters is 1. The summed E-state index contributed by atoms with van der Waals surface area (Å²) in [6.07, 6.45) is 0.187. The average molecular weight is 283 g/mol. The van der Waals surface area contributed by atoms with Gasteiger partial charge in [0, 0.05) is 6.04 Å². The third kappa shape index (κ3) is 3.50. The van der Waals surface area contributed by atoms with Gasteiger partial charge in [0.1, 0.15) is 0 Å². The van der Waals surface area contributed by atoms with Crippen LogP contribution in [0.5, 0.6) is 0 Å². The van der Waals surface area contributed by atoms with E-state index < -0.39 is 0 Å². The highest BCUT2D eigenvalue weighted by atomic mass is 16.5. The molecule has 0 aliphatic rings. The van der Waals surface area contributed by atoms with Gasteiger partial charge in [-0.25, -0.2) is 0 Å². The lowest BCUT2D eigenvalue weighted by Gasteiger charge is -2.15. The van der Waals surface area contributed by atoms with Crippen LogP contribution in [0.2, 0.25) is 0 Å². The van der Waals surface area contributed by atoms with E-state index in [0.29, 0.717) is 0 Å². The highest BCUT2D eigenvalue weighted by Crippen LogP contribution is 2.29. The first-order valence-corrected chi connectivity index (χ1v) is 7.02. The molecule has 0 saturated carbocycles. The first kappa shape index (κ1) is 15.3. The molecule has 0 fully saturated rings. The third-order valence-corrected chi connectivity index (χ3v) is 3.74. The summed E-state index contributed by atoms with van der Waals surface area (Å²) in [6, 6.07) is 14.0. The lowest BCUT2D eigenvalue weighted by Crippen LogP contribution is -2.16. The van der Waals surface area contributed by atoms with E-state index in [1.807, 2.05) is 24.3 Å². The lowest BCUT2D eigenvalue weighted by molar-refractivity contribution is -0.141. The second-order valence-electron chi connectivity index (χ2n) is 5.28. The zero-order valence-electron chi connectivity index (χ0n) is 12.7. The molecule has 0 heterocycles. The number of aryl methyl sites for hydroxylation is 2. The molecule has 0 amide bonds. The predicted molar refractivity (Wildman–Crippen MR) is 84.9 cm³/mol. The molecule has 3 heteroatoms. The van der Waals surface area contributed by atoms with E-state index in [-0.39, 0.29) is 18.4 Å². The molecule has 0 aliphatic heterocycles. The standard InChI is InChI=1S/C18H21NO2/c1-12-6-4-5-7-15(12)16-10-14(9-8-13(16)2)17(19)11-18(20)21-3/h4-10,17H,11,19H2,1-3H3. The number of nitrogens with two attached hydrogens (primary N) is 1. The van der Waals surface area contributed by atoms with Crippen LogP contribution < -0.4 is 5.73 Å². The molecular weight excluding hydrogens is 262 g/mol. The molecule has 2 aromatic rings. The van der Waals surface area contributed by atoms with Crippen LogP contribution in [0.3, 0.4) is 0 Å². The Labute approximate surface area is 125 Å². The number of benzene rings is 2. The van der Waals surface area contributed by atoms with Crippen molar-refractivity contribution < 1.29 is 9.53 Å². The second kappa shape index (κ2) is 6.55. The first-order valence-electron chi connectivity index (χ1n) is 7.02. The highest BCUT2D eigenvalue weighted by molar-refractivity contribution is 5.72. The zero-order chi connectivity index (χ0) is 15.4. The van der Waals surface area contributed by atoms with E-state index in [4.69, 9.17) is 5.73 Å². The minimum atomic E-state index is -0.346. The van der Waals surface area contributed by atoms with E-state index in [1.54, 1.807) is 0 Å². The molecule has 21 heavy (non-hydrogen) atoms. The summed E-state index contributed by atoms with van der Waals surface area (Å²) >= 11 is 0. The number of hydrogen-bond donors (Lipinski definition) is 1. The van der Waals surface area contributed by atoms with E-state index in [9.17, 15) is 4.79 Å². The van der Waals surface area contributed by atoms with Gasteiger partial charge in [0.15, 0.2) is 0 Å². The van der Waals surface area contributed by atoms with Gasteiger partial charge in [0.05, 0.1) is 13.5 Å². The molecule has 1 atom stereocenters. The van der Waals surface area contributed by atoms with Crippen LogP contribution in [0.1, 0.15) is 29.2 Å². The SMILES string of the molecule is COC(=O)CC(N)c1ccc(C)c(-c2ccccc2C)c1. The normalized spacial score (nSPS) is 12.0.